The monoisotopic (exact) mass is 495 g/mol. The molecule has 4 aromatic rings. The number of hydrogen-bond donors (Lipinski definition) is 1. The highest BCUT2D eigenvalue weighted by Crippen LogP contribution is 2.30. The van der Waals surface area contributed by atoms with Crippen LogP contribution >= 0.6 is 0 Å². The Kier molecular flexibility index (Phi) is 6.86. The molecule has 0 aromatic carbocycles. The van der Waals surface area contributed by atoms with Gasteiger partial charge in [-0.1, -0.05) is 6.07 Å². The fraction of sp³-hybridized carbons (Fsp3) is 0.250. The van der Waals surface area contributed by atoms with Crippen molar-refractivity contribution in [3.63, 3.8) is 0 Å². The van der Waals surface area contributed by atoms with Crippen molar-refractivity contribution in [2.75, 3.05) is 16.8 Å². The van der Waals surface area contributed by atoms with Gasteiger partial charge in [-0.3, -0.25) is 14.6 Å². The van der Waals surface area contributed by atoms with Crippen LogP contribution in [0.4, 0.5) is 26.0 Å². The molecule has 0 saturated carbocycles. The molecule has 1 N–H and O–H groups in total. The molecule has 0 aliphatic rings. The highest BCUT2D eigenvalue weighted by Gasteiger charge is 2.22. The van der Waals surface area contributed by atoms with Gasteiger partial charge in [0.25, 0.3) is 6.43 Å². The average molecular weight is 495 g/mol. The van der Waals surface area contributed by atoms with E-state index in [1.54, 1.807) is 45.2 Å². The number of anilines is 3. The first-order valence-electron chi connectivity index (χ1n) is 10.9. The van der Waals surface area contributed by atoms with Crippen molar-refractivity contribution in [2.45, 2.75) is 32.8 Å². The molecule has 4 aromatic heterocycles. The Bertz CT molecular complexity index is 1400. The predicted octanol–water partition coefficient (Wildman–Crippen LogP) is 4.17. The van der Waals surface area contributed by atoms with E-state index in [1.165, 1.54) is 35.1 Å². The Labute approximate surface area is 205 Å². The zero-order chi connectivity index (χ0) is 25.9. The lowest BCUT2D eigenvalue weighted by molar-refractivity contribution is -0.153. The van der Waals surface area contributed by atoms with Crippen LogP contribution in [0.5, 0.6) is 0 Å². The molecule has 0 radical (unpaired) electrons. The summed E-state index contributed by atoms with van der Waals surface area (Å²) in [6.45, 7) is 4.86. The van der Waals surface area contributed by atoms with Gasteiger partial charge >= 0.3 is 5.97 Å². The van der Waals surface area contributed by atoms with Crippen LogP contribution in [0, 0.1) is 0 Å². The van der Waals surface area contributed by atoms with E-state index in [0.29, 0.717) is 29.1 Å². The molecule has 1 amide bonds. The molecule has 12 heteroatoms. The first-order chi connectivity index (χ1) is 17.1. The van der Waals surface area contributed by atoms with Crippen LogP contribution in [0.1, 0.15) is 32.9 Å². The number of hydrogen-bond acceptors (Lipinski definition) is 8. The van der Waals surface area contributed by atoms with E-state index < -0.39 is 23.7 Å². The summed E-state index contributed by atoms with van der Waals surface area (Å²) in [5.41, 5.74) is 0.370. The Morgan fingerprint density at radius 3 is 2.72 bits per heavy atom. The summed E-state index contributed by atoms with van der Waals surface area (Å²) < 4.78 is 33.2. The molecule has 4 heterocycles. The maximum atomic E-state index is 13.2. The summed E-state index contributed by atoms with van der Waals surface area (Å²) in [7, 11) is 0. The van der Waals surface area contributed by atoms with E-state index in [4.69, 9.17) is 4.74 Å². The number of carbonyl (C=O) groups is 2. The third-order valence-electron chi connectivity index (χ3n) is 4.82. The van der Waals surface area contributed by atoms with E-state index in [2.05, 4.69) is 25.4 Å². The van der Waals surface area contributed by atoms with Crippen LogP contribution < -0.4 is 10.2 Å². The minimum absolute atomic E-state index is 0.111. The Hall–Kier alpha value is -4.48. The molecule has 0 aliphatic carbocycles. The summed E-state index contributed by atoms with van der Waals surface area (Å²) in [4.78, 5) is 37.9. The maximum absolute atomic E-state index is 13.2. The first-order valence-corrected chi connectivity index (χ1v) is 10.9. The molecule has 0 unspecified atom stereocenters. The number of aromatic nitrogens is 5. The van der Waals surface area contributed by atoms with Gasteiger partial charge in [-0.15, -0.1) is 5.10 Å². The third-order valence-corrected chi connectivity index (χ3v) is 4.82. The molecular formula is C24H23F2N7O3. The minimum Gasteiger partial charge on any atom is -0.459 e. The standard InChI is InChI=1S/C24H23F2N7O3/c1-24(2,3)36-20(35)13-32(14-34)19-12-27-10-9-15(19)29-23-18-8-5-11-33(18)31-22(30-23)17-7-4-6-16(28-17)21(25)26/h4-12,14,21H,13H2,1-3H3,(H,27,29,30,31). The van der Waals surface area contributed by atoms with Gasteiger partial charge in [0.05, 0.1) is 17.6 Å². The van der Waals surface area contributed by atoms with Gasteiger partial charge in [0.15, 0.2) is 5.82 Å². The fourth-order valence-corrected chi connectivity index (χ4v) is 3.37. The van der Waals surface area contributed by atoms with E-state index in [-0.39, 0.29) is 18.1 Å². The second kappa shape index (κ2) is 10.0. The van der Waals surface area contributed by atoms with Crippen LogP contribution in [-0.4, -0.2) is 49.1 Å². The Morgan fingerprint density at radius 2 is 2.00 bits per heavy atom. The first kappa shape index (κ1) is 24.6. The molecule has 36 heavy (non-hydrogen) atoms. The number of halogens is 2. The highest BCUT2D eigenvalue weighted by molar-refractivity contribution is 5.91. The van der Waals surface area contributed by atoms with Crippen molar-refractivity contribution < 1.29 is 23.1 Å². The topological polar surface area (TPSA) is 115 Å². The Morgan fingerprint density at radius 1 is 1.19 bits per heavy atom. The van der Waals surface area contributed by atoms with E-state index >= 15 is 0 Å². The van der Waals surface area contributed by atoms with Crippen molar-refractivity contribution in [1.82, 2.24) is 24.6 Å². The summed E-state index contributed by atoms with van der Waals surface area (Å²) >= 11 is 0. The van der Waals surface area contributed by atoms with Crippen LogP contribution in [0.25, 0.3) is 17.0 Å². The van der Waals surface area contributed by atoms with E-state index in [0.717, 1.165) is 4.90 Å². The van der Waals surface area contributed by atoms with Gasteiger partial charge in [0, 0.05) is 12.4 Å². The zero-order valence-corrected chi connectivity index (χ0v) is 19.7. The van der Waals surface area contributed by atoms with Gasteiger partial charge in [-0.25, -0.2) is 23.3 Å². The molecule has 0 spiro atoms. The van der Waals surface area contributed by atoms with Crippen molar-refractivity contribution in [3.05, 3.63) is 60.7 Å². The van der Waals surface area contributed by atoms with Gasteiger partial charge < -0.3 is 15.0 Å². The summed E-state index contributed by atoms with van der Waals surface area (Å²) in [6.07, 6.45) is 2.37. The quantitative estimate of drug-likeness (QED) is 0.286. The SMILES string of the molecule is CC(C)(C)OC(=O)CN(C=O)c1cnccc1Nc1nc(-c2cccc(C(F)F)n2)nn2cccc12. The minimum atomic E-state index is -2.74. The summed E-state index contributed by atoms with van der Waals surface area (Å²) in [5.74, 6) is -0.155. The number of pyridine rings is 2. The van der Waals surface area contributed by atoms with Crippen molar-refractivity contribution in [3.8, 4) is 11.5 Å². The van der Waals surface area contributed by atoms with Crippen LogP contribution in [-0.2, 0) is 14.3 Å². The molecule has 0 fully saturated rings. The second-order valence-electron chi connectivity index (χ2n) is 8.71. The highest BCUT2D eigenvalue weighted by atomic mass is 19.3. The van der Waals surface area contributed by atoms with Gasteiger partial charge in [0.2, 0.25) is 12.2 Å². The van der Waals surface area contributed by atoms with Crippen molar-refractivity contribution in [2.24, 2.45) is 0 Å². The third kappa shape index (κ3) is 5.59. The second-order valence-corrected chi connectivity index (χ2v) is 8.71. The fourth-order valence-electron chi connectivity index (χ4n) is 3.37. The number of rotatable bonds is 8. The number of ether oxygens (including phenoxy) is 1. The number of fused-ring (bicyclic) bond motifs is 1. The normalized spacial score (nSPS) is 11.5. The predicted molar refractivity (Wildman–Crippen MR) is 128 cm³/mol. The molecule has 186 valence electrons. The molecule has 0 saturated heterocycles. The van der Waals surface area contributed by atoms with Crippen LogP contribution in [0.2, 0.25) is 0 Å². The van der Waals surface area contributed by atoms with Crippen LogP contribution in [0.3, 0.4) is 0 Å². The molecule has 4 rings (SSSR count). The van der Waals surface area contributed by atoms with E-state index in [9.17, 15) is 18.4 Å². The maximum Gasteiger partial charge on any atom is 0.326 e. The zero-order valence-electron chi connectivity index (χ0n) is 19.7. The Balaban J connectivity index is 1.70. The largest absolute Gasteiger partial charge is 0.459 e. The summed E-state index contributed by atoms with van der Waals surface area (Å²) in [5, 5.41) is 7.52. The molecule has 0 bridgehead atoms. The molecule has 10 nitrogen and oxygen atoms in total. The van der Waals surface area contributed by atoms with Crippen molar-refractivity contribution >= 4 is 35.1 Å². The number of nitrogens with zero attached hydrogens (tertiary/aromatic N) is 6. The van der Waals surface area contributed by atoms with Gasteiger partial charge in [-0.05, 0) is 51.1 Å². The molecule has 0 aliphatic heterocycles. The lowest BCUT2D eigenvalue weighted by Gasteiger charge is -2.24. The van der Waals surface area contributed by atoms with E-state index in [1.807, 2.05) is 0 Å². The van der Waals surface area contributed by atoms with Crippen LogP contribution in [0.15, 0.2) is 55.0 Å². The number of amides is 1. The smallest absolute Gasteiger partial charge is 0.326 e. The molecular weight excluding hydrogens is 472 g/mol. The number of esters is 1. The average Bonchev–Trinajstić information content (AvgIpc) is 3.31. The number of nitrogens with one attached hydrogen (secondary N) is 1. The lowest BCUT2D eigenvalue weighted by atomic mass is 10.2. The van der Waals surface area contributed by atoms with Gasteiger partial charge in [-0.2, -0.15) is 0 Å². The molecule has 0 atom stereocenters. The van der Waals surface area contributed by atoms with Crippen molar-refractivity contribution in [1.29, 1.82) is 0 Å². The lowest BCUT2D eigenvalue weighted by Crippen LogP contribution is -2.34. The summed E-state index contributed by atoms with van der Waals surface area (Å²) in [6, 6.07) is 9.33. The number of alkyl halides is 2. The number of carbonyl (C=O) groups excluding carboxylic acids is 2. The van der Waals surface area contributed by atoms with Gasteiger partial charge in [0.1, 0.15) is 29.1 Å².